The molecule has 51 heavy (non-hydrogen) atoms. The first-order valence-corrected chi connectivity index (χ1v) is 17.4. The predicted octanol–water partition coefficient (Wildman–Crippen LogP) is 13.6. The molecule has 0 saturated carbocycles. The Morgan fingerprint density at radius 1 is 0.333 bits per heavy atom. The van der Waals surface area contributed by atoms with Crippen LogP contribution in [-0.2, 0) is 0 Å². The molecular formula is C48H29NO2. The first-order chi connectivity index (χ1) is 25.3. The average molecular weight is 652 g/mol. The molecule has 0 aliphatic rings. The zero-order chi connectivity index (χ0) is 33.5. The second kappa shape index (κ2) is 10.8. The van der Waals surface area contributed by atoms with E-state index in [1.807, 2.05) is 12.1 Å². The summed E-state index contributed by atoms with van der Waals surface area (Å²) in [4.78, 5) is 0. The maximum absolute atomic E-state index is 7.20. The Hall–Kier alpha value is -6.84. The third kappa shape index (κ3) is 4.12. The van der Waals surface area contributed by atoms with Gasteiger partial charge in [-0.1, -0.05) is 140 Å². The summed E-state index contributed by atoms with van der Waals surface area (Å²) in [6.07, 6.45) is 0. The minimum absolute atomic E-state index is 0.856. The number of benzene rings is 8. The van der Waals surface area contributed by atoms with Crippen molar-refractivity contribution in [1.29, 1.82) is 0 Å². The molecule has 3 aromatic heterocycles. The predicted molar refractivity (Wildman–Crippen MR) is 212 cm³/mol. The van der Waals surface area contributed by atoms with Crippen LogP contribution in [0.2, 0.25) is 0 Å². The molecule has 0 radical (unpaired) electrons. The summed E-state index contributed by atoms with van der Waals surface area (Å²) in [6.45, 7) is 0. The smallest absolute Gasteiger partial charge is 0.159 e. The van der Waals surface area contributed by atoms with Crippen molar-refractivity contribution >= 4 is 65.7 Å². The number of furan rings is 2. The Morgan fingerprint density at radius 2 is 0.980 bits per heavy atom. The normalized spacial score (nSPS) is 11.9. The van der Waals surface area contributed by atoms with Crippen LogP contribution >= 0.6 is 0 Å². The molecule has 0 unspecified atom stereocenters. The van der Waals surface area contributed by atoms with E-state index in [1.54, 1.807) is 0 Å². The highest BCUT2D eigenvalue weighted by Crippen LogP contribution is 2.47. The molecule has 0 aliphatic carbocycles. The van der Waals surface area contributed by atoms with Gasteiger partial charge in [0.2, 0.25) is 0 Å². The highest BCUT2D eigenvalue weighted by Gasteiger charge is 2.23. The SMILES string of the molecule is c1ccc(-c2ccc3c4ccccc4n(-c4cccc5c4oc4c(-c6ccccc6)ccc(-c6cccc7oc8ccccc8c67)c45)c3c2)cc1. The molecule has 8 aromatic carbocycles. The third-order valence-corrected chi connectivity index (χ3v) is 10.4. The van der Waals surface area contributed by atoms with Gasteiger partial charge in [0.05, 0.1) is 16.7 Å². The fourth-order valence-corrected chi connectivity index (χ4v) is 8.17. The van der Waals surface area contributed by atoms with E-state index in [-0.39, 0.29) is 0 Å². The molecule has 11 rings (SSSR count). The fourth-order valence-electron chi connectivity index (χ4n) is 8.17. The zero-order valence-electron chi connectivity index (χ0n) is 27.5. The van der Waals surface area contributed by atoms with Crippen LogP contribution < -0.4 is 0 Å². The highest BCUT2D eigenvalue weighted by molar-refractivity contribution is 6.22. The minimum atomic E-state index is 0.856. The van der Waals surface area contributed by atoms with Crippen molar-refractivity contribution in [2.75, 3.05) is 0 Å². The number of hydrogen-bond acceptors (Lipinski definition) is 2. The van der Waals surface area contributed by atoms with Crippen LogP contribution in [0.1, 0.15) is 0 Å². The summed E-state index contributed by atoms with van der Waals surface area (Å²) in [5.74, 6) is 0. The first kappa shape index (κ1) is 28.0. The fraction of sp³-hybridized carbons (Fsp3) is 0. The third-order valence-electron chi connectivity index (χ3n) is 10.4. The highest BCUT2D eigenvalue weighted by atomic mass is 16.3. The topological polar surface area (TPSA) is 31.2 Å². The van der Waals surface area contributed by atoms with Crippen LogP contribution in [-0.4, -0.2) is 4.57 Å². The lowest BCUT2D eigenvalue weighted by molar-refractivity contribution is 0.667. The molecule has 0 N–H and O–H groups in total. The molecule has 0 amide bonds. The van der Waals surface area contributed by atoms with Gasteiger partial charge in [-0.3, -0.25) is 0 Å². The Bertz CT molecular complexity index is 3130. The van der Waals surface area contributed by atoms with E-state index < -0.39 is 0 Å². The first-order valence-electron chi connectivity index (χ1n) is 17.4. The van der Waals surface area contributed by atoms with Crippen LogP contribution in [0, 0.1) is 0 Å². The van der Waals surface area contributed by atoms with Gasteiger partial charge in [-0.25, -0.2) is 0 Å². The van der Waals surface area contributed by atoms with E-state index in [4.69, 9.17) is 8.83 Å². The Balaban J connectivity index is 1.26. The number of rotatable bonds is 4. The summed E-state index contributed by atoms with van der Waals surface area (Å²) in [5, 5.41) is 6.81. The van der Waals surface area contributed by atoms with Crippen LogP contribution in [0.3, 0.4) is 0 Å². The molecule has 3 heteroatoms. The molecule has 3 nitrogen and oxygen atoms in total. The van der Waals surface area contributed by atoms with Gasteiger partial charge in [-0.05, 0) is 64.2 Å². The van der Waals surface area contributed by atoms with E-state index >= 15 is 0 Å². The monoisotopic (exact) mass is 651 g/mol. The van der Waals surface area contributed by atoms with Gasteiger partial charge >= 0.3 is 0 Å². The van der Waals surface area contributed by atoms with Crippen molar-refractivity contribution in [2.24, 2.45) is 0 Å². The van der Waals surface area contributed by atoms with Crippen molar-refractivity contribution in [3.05, 3.63) is 176 Å². The van der Waals surface area contributed by atoms with Crippen molar-refractivity contribution in [3.8, 4) is 39.1 Å². The van der Waals surface area contributed by atoms with Gasteiger partial charge in [0.25, 0.3) is 0 Å². The van der Waals surface area contributed by atoms with Crippen LogP contribution in [0.4, 0.5) is 0 Å². The van der Waals surface area contributed by atoms with Gasteiger partial charge in [0, 0.05) is 37.9 Å². The molecule has 0 fully saturated rings. The van der Waals surface area contributed by atoms with Crippen LogP contribution in [0.15, 0.2) is 185 Å². The molecule has 238 valence electrons. The van der Waals surface area contributed by atoms with E-state index in [1.165, 1.54) is 21.9 Å². The van der Waals surface area contributed by atoms with Gasteiger partial charge in [0.1, 0.15) is 16.7 Å². The number of nitrogens with zero attached hydrogens (tertiary/aromatic N) is 1. The maximum Gasteiger partial charge on any atom is 0.159 e. The maximum atomic E-state index is 7.20. The number of hydrogen-bond donors (Lipinski definition) is 0. The van der Waals surface area contributed by atoms with E-state index in [0.29, 0.717) is 0 Å². The lowest BCUT2D eigenvalue weighted by Crippen LogP contribution is -1.94. The molecule has 0 bridgehead atoms. The lowest BCUT2D eigenvalue weighted by Gasteiger charge is -2.10. The molecular weight excluding hydrogens is 623 g/mol. The van der Waals surface area contributed by atoms with Gasteiger partial charge in [-0.2, -0.15) is 0 Å². The second-order valence-electron chi connectivity index (χ2n) is 13.2. The quantitative estimate of drug-likeness (QED) is 0.190. The molecule has 0 spiro atoms. The van der Waals surface area contributed by atoms with Gasteiger partial charge < -0.3 is 13.4 Å². The summed E-state index contributed by atoms with van der Waals surface area (Å²) in [7, 11) is 0. The van der Waals surface area contributed by atoms with Gasteiger partial charge in [-0.15, -0.1) is 0 Å². The van der Waals surface area contributed by atoms with E-state index in [0.717, 1.165) is 82.9 Å². The molecule has 0 saturated heterocycles. The molecule has 0 atom stereocenters. The van der Waals surface area contributed by atoms with Crippen molar-refractivity contribution in [3.63, 3.8) is 0 Å². The number of para-hydroxylation sites is 3. The average Bonchev–Trinajstić information content (AvgIpc) is 3.88. The Labute approximate surface area is 293 Å². The summed E-state index contributed by atoms with van der Waals surface area (Å²) in [6, 6.07) is 62.3. The second-order valence-corrected chi connectivity index (χ2v) is 13.2. The molecule has 11 aromatic rings. The largest absolute Gasteiger partial charge is 0.456 e. The minimum Gasteiger partial charge on any atom is -0.456 e. The van der Waals surface area contributed by atoms with E-state index in [9.17, 15) is 0 Å². The Kier molecular flexibility index (Phi) is 5.96. The zero-order valence-corrected chi connectivity index (χ0v) is 27.5. The number of aromatic nitrogens is 1. The van der Waals surface area contributed by atoms with Crippen molar-refractivity contribution < 1.29 is 8.83 Å². The van der Waals surface area contributed by atoms with Crippen molar-refractivity contribution in [1.82, 2.24) is 4.57 Å². The van der Waals surface area contributed by atoms with Crippen LogP contribution in [0.5, 0.6) is 0 Å². The summed E-state index contributed by atoms with van der Waals surface area (Å²) in [5.41, 5.74) is 13.6. The summed E-state index contributed by atoms with van der Waals surface area (Å²) < 4.78 is 15.9. The lowest BCUT2D eigenvalue weighted by atomic mass is 9.92. The molecule has 0 aliphatic heterocycles. The summed E-state index contributed by atoms with van der Waals surface area (Å²) >= 11 is 0. The van der Waals surface area contributed by atoms with E-state index in [2.05, 4.69) is 168 Å². The Morgan fingerprint density at radius 3 is 1.84 bits per heavy atom. The number of fused-ring (bicyclic) bond motifs is 9. The van der Waals surface area contributed by atoms with Crippen molar-refractivity contribution in [2.45, 2.75) is 0 Å². The molecule has 3 heterocycles. The standard InChI is InChI=1S/C48H29NO2/c1-3-13-30(14-4-1)32-25-26-35-34-17-7-9-21-40(34)49(42(35)29-32)41-22-11-20-39-46-37(28-27-33(48(46)51-47(39)41)31-15-5-2-6-16-31)36-19-12-24-44-45(36)38-18-8-10-23-43(38)50-44/h1-29H. The van der Waals surface area contributed by atoms with Gasteiger partial charge in [0.15, 0.2) is 5.58 Å². The van der Waals surface area contributed by atoms with Crippen LogP contribution in [0.25, 0.3) is 105 Å².